The van der Waals surface area contributed by atoms with E-state index >= 15 is 0 Å². The first-order valence-corrected chi connectivity index (χ1v) is 12.5. The lowest BCUT2D eigenvalue weighted by molar-refractivity contribution is -0.124. The molecule has 1 aromatic carbocycles. The molecule has 10 heteroatoms. The fraction of sp³-hybridized carbons (Fsp3) is 0.393. The second-order valence-electron chi connectivity index (χ2n) is 9.29. The molecule has 0 saturated carbocycles. The lowest BCUT2D eigenvalue weighted by Gasteiger charge is -2.37. The summed E-state index contributed by atoms with van der Waals surface area (Å²) in [7, 11) is 1.56. The molecule has 0 radical (unpaired) electrons. The van der Waals surface area contributed by atoms with Gasteiger partial charge in [0.15, 0.2) is 0 Å². The minimum atomic E-state index is -1.00. The van der Waals surface area contributed by atoms with E-state index in [9.17, 15) is 23.8 Å². The van der Waals surface area contributed by atoms with E-state index < -0.39 is 42.4 Å². The minimum Gasteiger partial charge on any atom is -0.481 e. The number of ether oxygens (including phenoxy) is 2. The van der Waals surface area contributed by atoms with Gasteiger partial charge in [-0.3, -0.25) is 9.78 Å². The van der Waals surface area contributed by atoms with E-state index in [1.807, 2.05) is 12.1 Å². The Labute approximate surface area is 219 Å². The number of benzene rings is 1. The highest BCUT2D eigenvalue weighted by Gasteiger charge is 2.33. The van der Waals surface area contributed by atoms with Crippen molar-refractivity contribution in [1.29, 1.82) is 0 Å². The van der Waals surface area contributed by atoms with Crippen LogP contribution in [0.2, 0.25) is 0 Å². The molecule has 3 heterocycles. The van der Waals surface area contributed by atoms with Crippen molar-refractivity contribution in [3.8, 4) is 5.88 Å². The van der Waals surface area contributed by atoms with Crippen molar-refractivity contribution in [2.24, 2.45) is 0 Å². The summed E-state index contributed by atoms with van der Waals surface area (Å²) in [4.78, 5) is 21.4. The third-order valence-electron chi connectivity index (χ3n) is 6.62. The topological polar surface area (TPSA) is 114 Å². The molecule has 1 fully saturated rings. The first-order chi connectivity index (χ1) is 18.4. The number of nitrogens with zero attached hydrogens (tertiary/aromatic N) is 2. The van der Waals surface area contributed by atoms with Crippen LogP contribution in [0.5, 0.6) is 5.88 Å². The Morgan fingerprint density at radius 2 is 2.11 bits per heavy atom. The number of pyridine rings is 2. The van der Waals surface area contributed by atoms with Crippen LogP contribution in [0.15, 0.2) is 48.7 Å². The van der Waals surface area contributed by atoms with Gasteiger partial charge in [-0.25, -0.2) is 13.8 Å². The number of hydrogen-bond acceptors (Lipinski definition) is 7. The number of nitrogens with one attached hydrogen (secondary N) is 1. The number of aryl methyl sites for hydroxylation is 1. The number of halogens is 2. The molecule has 0 unspecified atom stereocenters. The van der Waals surface area contributed by atoms with E-state index in [4.69, 9.17) is 9.47 Å². The SMILES string of the molecule is COc1ccc2nccc(CC[C@@H]3CC[C@@H](NC(=O)/C=C/c4cc(F)ccc4F)[C@@H](C[C@@H](O)CO)O3)c2n1. The molecule has 4 atom stereocenters. The van der Waals surface area contributed by atoms with Gasteiger partial charge in [0, 0.05) is 30.3 Å². The smallest absolute Gasteiger partial charge is 0.244 e. The summed E-state index contributed by atoms with van der Waals surface area (Å²) in [6, 6.07) is 8.12. The van der Waals surface area contributed by atoms with Crippen LogP contribution in [0.3, 0.4) is 0 Å². The molecular weight excluding hydrogens is 496 g/mol. The van der Waals surface area contributed by atoms with E-state index in [1.54, 1.807) is 19.4 Å². The number of hydrogen-bond donors (Lipinski definition) is 3. The molecule has 1 aliphatic rings. The number of carbonyl (C=O) groups is 1. The van der Waals surface area contributed by atoms with Gasteiger partial charge in [0.05, 0.1) is 49.1 Å². The lowest BCUT2D eigenvalue weighted by atomic mass is 9.92. The van der Waals surface area contributed by atoms with Crippen molar-refractivity contribution in [3.63, 3.8) is 0 Å². The first kappa shape index (κ1) is 27.6. The van der Waals surface area contributed by atoms with Crippen LogP contribution >= 0.6 is 0 Å². The number of carbonyl (C=O) groups excluding carboxylic acids is 1. The maximum absolute atomic E-state index is 13.9. The van der Waals surface area contributed by atoms with Crippen molar-refractivity contribution in [3.05, 3.63) is 71.4 Å². The number of methoxy groups -OCH3 is 1. The van der Waals surface area contributed by atoms with Gasteiger partial charge >= 0.3 is 0 Å². The second kappa shape index (κ2) is 12.9. The van der Waals surface area contributed by atoms with Crippen LogP contribution < -0.4 is 10.1 Å². The van der Waals surface area contributed by atoms with Crippen LogP contribution in [-0.2, 0) is 16.0 Å². The maximum atomic E-state index is 13.9. The average Bonchev–Trinajstić information content (AvgIpc) is 2.93. The fourth-order valence-electron chi connectivity index (χ4n) is 4.63. The normalized spacial score (nSPS) is 20.5. The summed E-state index contributed by atoms with van der Waals surface area (Å²) in [6.45, 7) is -0.430. The summed E-state index contributed by atoms with van der Waals surface area (Å²) in [5.41, 5.74) is 2.50. The van der Waals surface area contributed by atoms with Gasteiger partial charge < -0.3 is 25.0 Å². The largest absolute Gasteiger partial charge is 0.481 e. The molecule has 3 aromatic rings. The number of aromatic nitrogens is 2. The van der Waals surface area contributed by atoms with Crippen molar-refractivity contribution in [1.82, 2.24) is 15.3 Å². The van der Waals surface area contributed by atoms with E-state index in [2.05, 4.69) is 15.3 Å². The Hall–Kier alpha value is -3.47. The first-order valence-electron chi connectivity index (χ1n) is 12.5. The molecule has 202 valence electrons. The standard InChI is InChI=1S/C28H31F2N3O5/c1-37-27-11-9-24-28(33-27)17(12-13-31-24)2-5-21-6-8-23(25(38-21)15-20(35)16-34)32-26(36)10-3-18-14-19(29)4-7-22(18)30/h3-4,7,9-14,20-21,23,25,34-35H,2,5-6,8,15-16H2,1H3,(H,32,36)/b10-3+/t20-,21-,23-,25-/m1/s1. The monoisotopic (exact) mass is 527 g/mol. The second-order valence-corrected chi connectivity index (χ2v) is 9.29. The van der Waals surface area contributed by atoms with Crippen LogP contribution in [0.1, 0.15) is 36.8 Å². The molecule has 1 amide bonds. The van der Waals surface area contributed by atoms with Crippen LogP contribution in [0, 0.1) is 11.6 Å². The van der Waals surface area contributed by atoms with Gasteiger partial charge in [-0.2, -0.15) is 0 Å². The van der Waals surface area contributed by atoms with Gasteiger partial charge in [-0.1, -0.05) is 0 Å². The zero-order chi connectivity index (χ0) is 27.1. The quantitative estimate of drug-likeness (QED) is 0.347. The molecule has 3 N–H and O–H groups in total. The maximum Gasteiger partial charge on any atom is 0.244 e. The highest BCUT2D eigenvalue weighted by molar-refractivity contribution is 5.92. The van der Waals surface area contributed by atoms with E-state index in [-0.39, 0.29) is 18.1 Å². The van der Waals surface area contributed by atoms with E-state index in [0.29, 0.717) is 31.6 Å². The third kappa shape index (κ3) is 7.09. The van der Waals surface area contributed by atoms with Gasteiger partial charge in [0.1, 0.15) is 11.6 Å². The molecule has 2 aromatic heterocycles. The van der Waals surface area contributed by atoms with E-state index in [1.165, 1.54) is 6.08 Å². The molecular formula is C28H31F2N3O5. The van der Waals surface area contributed by atoms with Crippen molar-refractivity contribution in [2.75, 3.05) is 13.7 Å². The molecule has 1 saturated heterocycles. The zero-order valence-corrected chi connectivity index (χ0v) is 21.0. The molecule has 0 bridgehead atoms. The summed E-state index contributed by atoms with van der Waals surface area (Å²) in [5, 5.41) is 22.3. The summed E-state index contributed by atoms with van der Waals surface area (Å²) in [5.74, 6) is -1.23. The number of fused-ring (bicyclic) bond motifs is 1. The van der Waals surface area contributed by atoms with Crippen LogP contribution in [-0.4, -0.2) is 64.2 Å². The van der Waals surface area contributed by atoms with Crippen molar-refractivity contribution < 1.29 is 33.3 Å². The van der Waals surface area contributed by atoms with Gasteiger partial charge in [0.2, 0.25) is 11.8 Å². The minimum absolute atomic E-state index is 0.0388. The third-order valence-corrected chi connectivity index (χ3v) is 6.62. The predicted octanol–water partition coefficient (Wildman–Crippen LogP) is 3.34. The molecule has 8 nitrogen and oxygen atoms in total. The Morgan fingerprint density at radius 3 is 2.89 bits per heavy atom. The number of aliphatic hydroxyl groups is 2. The van der Waals surface area contributed by atoms with Crippen LogP contribution in [0.4, 0.5) is 8.78 Å². The number of rotatable bonds is 10. The average molecular weight is 528 g/mol. The number of amides is 1. The lowest BCUT2D eigenvalue weighted by Crippen LogP contribution is -2.50. The van der Waals surface area contributed by atoms with Gasteiger partial charge in [0.25, 0.3) is 0 Å². The Kier molecular flexibility index (Phi) is 9.33. The Bertz CT molecular complexity index is 1290. The molecule has 4 rings (SSSR count). The highest BCUT2D eigenvalue weighted by Crippen LogP contribution is 2.27. The summed E-state index contributed by atoms with van der Waals surface area (Å²) < 4.78 is 38.8. The summed E-state index contributed by atoms with van der Waals surface area (Å²) >= 11 is 0. The molecule has 1 aliphatic heterocycles. The zero-order valence-electron chi connectivity index (χ0n) is 21.0. The van der Waals surface area contributed by atoms with Crippen LogP contribution in [0.25, 0.3) is 17.1 Å². The molecule has 0 spiro atoms. The Balaban J connectivity index is 1.40. The molecule has 0 aliphatic carbocycles. The van der Waals surface area contributed by atoms with Crippen molar-refractivity contribution >= 4 is 23.0 Å². The number of aliphatic hydroxyl groups excluding tert-OH is 2. The summed E-state index contributed by atoms with van der Waals surface area (Å²) in [6.07, 6.45) is 5.16. The highest BCUT2D eigenvalue weighted by atomic mass is 19.1. The van der Waals surface area contributed by atoms with Gasteiger partial charge in [-0.05, 0) is 67.7 Å². The fourth-order valence-corrected chi connectivity index (χ4v) is 4.63. The van der Waals surface area contributed by atoms with Crippen molar-refractivity contribution in [2.45, 2.75) is 56.5 Å². The molecule has 38 heavy (non-hydrogen) atoms. The van der Waals surface area contributed by atoms with E-state index in [0.717, 1.165) is 40.9 Å². The van der Waals surface area contributed by atoms with Gasteiger partial charge in [-0.15, -0.1) is 0 Å². The Morgan fingerprint density at radius 1 is 1.26 bits per heavy atom. The predicted molar refractivity (Wildman–Crippen MR) is 137 cm³/mol.